The molecule has 1 aromatic carbocycles. The molecule has 1 aliphatic carbocycles. The van der Waals surface area contributed by atoms with Gasteiger partial charge < -0.3 is 20.3 Å². The monoisotopic (exact) mass is 388 g/mol. The summed E-state index contributed by atoms with van der Waals surface area (Å²) in [5.74, 6) is 1.34. The fourth-order valence-electron chi connectivity index (χ4n) is 4.31. The minimum absolute atomic E-state index is 0.0609. The first kappa shape index (κ1) is 20.5. The topological polar surface area (TPSA) is 73.9 Å². The van der Waals surface area contributed by atoms with Crippen LogP contribution in [-0.2, 0) is 4.79 Å². The van der Waals surface area contributed by atoms with Crippen LogP contribution >= 0.6 is 0 Å². The molecule has 0 aromatic heterocycles. The van der Waals surface area contributed by atoms with Gasteiger partial charge in [0.2, 0.25) is 5.91 Å². The molecule has 1 atom stereocenters. The molecule has 1 aromatic rings. The van der Waals surface area contributed by atoms with Crippen LogP contribution < -0.4 is 15.4 Å². The molecule has 2 aliphatic rings. The Morgan fingerprint density at radius 1 is 1.11 bits per heavy atom. The molecule has 0 spiro atoms. The van der Waals surface area contributed by atoms with Crippen LogP contribution in [0.15, 0.2) is 24.3 Å². The van der Waals surface area contributed by atoms with E-state index in [1.54, 1.807) is 7.11 Å². The first-order valence-corrected chi connectivity index (χ1v) is 10.3. The van der Waals surface area contributed by atoms with E-state index in [0.29, 0.717) is 25.6 Å². The maximum Gasteiger partial charge on any atom is 0.321 e. The number of carbonyl (C=O) groups excluding carboxylic acids is 2. The van der Waals surface area contributed by atoms with Crippen molar-refractivity contribution in [2.24, 2.45) is 5.92 Å². The second-order valence-corrected chi connectivity index (χ2v) is 7.57. The summed E-state index contributed by atoms with van der Waals surface area (Å²) in [6.45, 7) is 5.34. The van der Waals surface area contributed by atoms with Gasteiger partial charge in [0.1, 0.15) is 5.75 Å². The van der Waals surface area contributed by atoms with Crippen molar-refractivity contribution in [2.45, 2.75) is 38.6 Å². The SMILES string of the molecule is CCNC(=O)C(C1CCCC1)N1CCN(C(=O)Nc2ccc(OC)cc2)CC1. The Balaban J connectivity index is 1.55. The first-order valence-electron chi connectivity index (χ1n) is 10.3. The Morgan fingerprint density at radius 2 is 1.75 bits per heavy atom. The largest absolute Gasteiger partial charge is 0.497 e. The zero-order chi connectivity index (χ0) is 19.9. The highest BCUT2D eigenvalue weighted by Gasteiger charge is 2.37. The number of likely N-dealkylation sites (N-methyl/N-ethyl adjacent to an activating group) is 1. The van der Waals surface area contributed by atoms with Crippen LogP contribution in [0.2, 0.25) is 0 Å². The zero-order valence-corrected chi connectivity index (χ0v) is 16.9. The van der Waals surface area contributed by atoms with Crippen molar-refractivity contribution in [2.75, 3.05) is 45.2 Å². The molecule has 0 bridgehead atoms. The number of benzene rings is 1. The Labute approximate surface area is 167 Å². The van der Waals surface area contributed by atoms with E-state index >= 15 is 0 Å². The van der Waals surface area contributed by atoms with Crippen LogP contribution in [0.3, 0.4) is 0 Å². The lowest BCUT2D eigenvalue weighted by Crippen LogP contribution is -2.58. The van der Waals surface area contributed by atoms with E-state index in [1.165, 1.54) is 12.8 Å². The molecule has 3 rings (SSSR count). The Morgan fingerprint density at radius 3 is 2.32 bits per heavy atom. The van der Waals surface area contributed by atoms with E-state index in [4.69, 9.17) is 4.74 Å². The normalized spacial score (nSPS) is 19.3. The number of carbonyl (C=O) groups is 2. The van der Waals surface area contributed by atoms with Gasteiger partial charge in [0, 0.05) is 38.4 Å². The van der Waals surface area contributed by atoms with Crippen LogP contribution in [-0.4, -0.2) is 67.6 Å². The van der Waals surface area contributed by atoms with Crippen molar-refractivity contribution in [3.63, 3.8) is 0 Å². The average Bonchev–Trinajstić information content (AvgIpc) is 3.23. The van der Waals surface area contributed by atoms with Crippen LogP contribution in [0.1, 0.15) is 32.6 Å². The number of rotatable bonds is 6. The van der Waals surface area contributed by atoms with Crippen LogP contribution in [0.5, 0.6) is 5.75 Å². The average molecular weight is 389 g/mol. The lowest BCUT2D eigenvalue weighted by molar-refractivity contribution is -0.129. The molecule has 1 saturated carbocycles. The van der Waals surface area contributed by atoms with Crippen LogP contribution in [0.4, 0.5) is 10.5 Å². The van der Waals surface area contributed by atoms with E-state index in [-0.39, 0.29) is 18.0 Å². The van der Waals surface area contributed by atoms with Gasteiger partial charge in [0.15, 0.2) is 0 Å². The molecule has 7 heteroatoms. The Bertz CT molecular complexity index is 650. The van der Waals surface area contributed by atoms with E-state index in [2.05, 4.69) is 15.5 Å². The molecule has 2 N–H and O–H groups in total. The van der Waals surface area contributed by atoms with Crippen molar-refractivity contribution >= 4 is 17.6 Å². The van der Waals surface area contributed by atoms with E-state index in [0.717, 1.165) is 37.4 Å². The lowest BCUT2D eigenvalue weighted by atomic mass is 9.95. The van der Waals surface area contributed by atoms with Gasteiger partial charge in [-0.25, -0.2) is 4.79 Å². The predicted octanol–water partition coefficient (Wildman–Crippen LogP) is 2.54. The van der Waals surface area contributed by atoms with Crippen molar-refractivity contribution in [1.82, 2.24) is 15.1 Å². The minimum Gasteiger partial charge on any atom is -0.497 e. The maximum atomic E-state index is 12.7. The van der Waals surface area contributed by atoms with Crippen molar-refractivity contribution in [3.05, 3.63) is 24.3 Å². The van der Waals surface area contributed by atoms with Crippen LogP contribution in [0.25, 0.3) is 0 Å². The Kier molecular flexibility index (Phi) is 7.14. The fourth-order valence-corrected chi connectivity index (χ4v) is 4.31. The van der Waals surface area contributed by atoms with Gasteiger partial charge in [-0.2, -0.15) is 0 Å². The number of nitrogens with zero attached hydrogens (tertiary/aromatic N) is 2. The van der Waals surface area contributed by atoms with Crippen molar-refractivity contribution in [3.8, 4) is 5.75 Å². The van der Waals surface area contributed by atoms with E-state index in [1.807, 2.05) is 36.1 Å². The molecule has 1 aliphatic heterocycles. The summed E-state index contributed by atoms with van der Waals surface area (Å²) in [5.41, 5.74) is 0.749. The number of piperazine rings is 1. The van der Waals surface area contributed by atoms with Crippen LogP contribution in [0, 0.1) is 5.92 Å². The summed E-state index contributed by atoms with van der Waals surface area (Å²) in [6, 6.07) is 7.16. The number of anilines is 1. The van der Waals surface area contributed by atoms with Gasteiger partial charge in [-0.15, -0.1) is 0 Å². The molecule has 154 valence electrons. The third-order valence-electron chi connectivity index (χ3n) is 5.80. The highest BCUT2D eigenvalue weighted by atomic mass is 16.5. The van der Waals surface area contributed by atoms with Gasteiger partial charge in [0.25, 0.3) is 0 Å². The summed E-state index contributed by atoms with van der Waals surface area (Å²) in [4.78, 5) is 29.4. The number of hydrogen-bond acceptors (Lipinski definition) is 4. The van der Waals surface area contributed by atoms with Gasteiger partial charge in [-0.3, -0.25) is 9.69 Å². The number of amides is 3. The molecule has 28 heavy (non-hydrogen) atoms. The molecule has 1 heterocycles. The van der Waals surface area contributed by atoms with Gasteiger partial charge in [0.05, 0.1) is 13.2 Å². The second kappa shape index (κ2) is 9.78. The summed E-state index contributed by atoms with van der Waals surface area (Å²) in [5, 5.41) is 5.95. The summed E-state index contributed by atoms with van der Waals surface area (Å²) >= 11 is 0. The highest BCUT2D eigenvalue weighted by Crippen LogP contribution is 2.31. The van der Waals surface area contributed by atoms with Crippen molar-refractivity contribution < 1.29 is 14.3 Å². The second-order valence-electron chi connectivity index (χ2n) is 7.57. The van der Waals surface area contributed by atoms with Gasteiger partial charge in [-0.05, 0) is 49.9 Å². The smallest absolute Gasteiger partial charge is 0.321 e. The third kappa shape index (κ3) is 4.95. The Hall–Kier alpha value is -2.28. The lowest BCUT2D eigenvalue weighted by Gasteiger charge is -2.40. The molecule has 3 amide bonds. The first-order chi connectivity index (χ1) is 13.6. The number of methoxy groups -OCH3 is 1. The molecular weight excluding hydrogens is 356 g/mol. The quantitative estimate of drug-likeness (QED) is 0.785. The number of hydrogen-bond donors (Lipinski definition) is 2. The number of ether oxygens (including phenoxy) is 1. The van der Waals surface area contributed by atoms with Gasteiger partial charge in [-0.1, -0.05) is 12.8 Å². The highest BCUT2D eigenvalue weighted by molar-refractivity contribution is 5.89. The fraction of sp³-hybridized carbons (Fsp3) is 0.619. The molecular formula is C21H32N4O3. The minimum atomic E-state index is -0.0970. The predicted molar refractivity (Wildman–Crippen MR) is 110 cm³/mol. The number of urea groups is 1. The molecule has 1 unspecified atom stereocenters. The number of nitrogens with one attached hydrogen (secondary N) is 2. The molecule has 0 radical (unpaired) electrons. The van der Waals surface area contributed by atoms with Gasteiger partial charge >= 0.3 is 6.03 Å². The van der Waals surface area contributed by atoms with E-state index in [9.17, 15) is 9.59 Å². The van der Waals surface area contributed by atoms with E-state index < -0.39 is 0 Å². The zero-order valence-electron chi connectivity index (χ0n) is 16.9. The molecule has 1 saturated heterocycles. The summed E-state index contributed by atoms with van der Waals surface area (Å²) in [6.07, 6.45) is 4.68. The van der Waals surface area contributed by atoms with Crippen molar-refractivity contribution in [1.29, 1.82) is 0 Å². The molecule has 7 nitrogen and oxygen atoms in total. The summed E-state index contributed by atoms with van der Waals surface area (Å²) < 4.78 is 5.14. The summed E-state index contributed by atoms with van der Waals surface area (Å²) in [7, 11) is 1.62. The molecule has 2 fully saturated rings. The maximum absolute atomic E-state index is 12.7. The standard InChI is InChI=1S/C21H32N4O3/c1-3-22-20(26)19(16-6-4-5-7-16)24-12-14-25(15-13-24)21(27)23-17-8-10-18(28-2)11-9-17/h8-11,16,19H,3-7,12-15H2,1-2H3,(H,22,26)(H,23,27). The third-order valence-corrected chi connectivity index (χ3v) is 5.80.